The highest BCUT2D eigenvalue weighted by Gasteiger charge is 2.31. The van der Waals surface area contributed by atoms with Crippen LogP contribution in [0.25, 0.3) is 11.1 Å². The minimum absolute atomic E-state index is 0.257. The Balaban J connectivity index is 2.01. The molecule has 0 N–H and O–H groups in total. The summed E-state index contributed by atoms with van der Waals surface area (Å²) in [5.74, 6) is 0.437. The van der Waals surface area contributed by atoms with Crippen LogP contribution in [0, 0.1) is 5.92 Å². The van der Waals surface area contributed by atoms with E-state index in [4.69, 9.17) is 0 Å². The molecule has 0 fully saturated rings. The molecular weight excluding hydrogens is 373 g/mol. The highest BCUT2D eigenvalue weighted by molar-refractivity contribution is 7.90. The van der Waals surface area contributed by atoms with Crippen molar-refractivity contribution >= 4 is 21.0 Å². The number of hydrogen-bond acceptors (Lipinski definition) is 2. The number of rotatable bonds is 4. The summed E-state index contributed by atoms with van der Waals surface area (Å²) in [6.45, 7) is 2.10. The zero-order chi connectivity index (χ0) is 19.8. The third-order valence-corrected chi connectivity index (χ3v) is 6.25. The van der Waals surface area contributed by atoms with E-state index < -0.39 is 21.6 Å². The number of sulfone groups is 1. The van der Waals surface area contributed by atoms with Gasteiger partial charge in [-0.05, 0) is 65.3 Å². The molecule has 0 saturated heterocycles. The van der Waals surface area contributed by atoms with Gasteiger partial charge in [-0.3, -0.25) is 0 Å². The van der Waals surface area contributed by atoms with Crippen molar-refractivity contribution in [1.29, 1.82) is 0 Å². The molecule has 0 radical (unpaired) electrons. The summed E-state index contributed by atoms with van der Waals surface area (Å²) >= 11 is 0. The van der Waals surface area contributed by atoms with E-state index in [-0.39, 0.29) is 4.90 Å². The first-order valence-corrected chi connectivity index (χ1v) is 10.7. The lowest BCUT2D eigenvalue weighted by Gasteiger charge is -2.11. The van der Waals surface area contributed by atoms with Crippen molar-refractivity contribution in [3.05, 3.63) is 65.2 Å². The van der Waals surface area contributed by atoms with E-state index in [1.807, 2.05) is 0 Å². The van der Waals surface area contributed by atoms with Crippen LogP contribution in [0.2, 0.25) is 0 Å². The van der Waals surface area contributed by atoms with Gasteiger partial charge in [-0.2, -0.15) is 13.2 Å². The molecule has 3 rings (SSSR count). The number of allylic oxidation sites excluding steroid dienone is 2. The predicted molar refractivity (Wildman–Crippen MR) is 101 cm³/mol. The van der Waals surface area contributed by atoms with Gasteiger partial charge in [0, 0.05) is 6.26 Å². The average Bonchev–Trinajstić information content (AvgIpc) is 3.05. The number of alkyl halides is 3. The predicted octanol–water partition coefficient (Wildman–Crippen LogP) is 5.84. The summed E-state index contributed by atoms with van der Waals surface area (Å²) in [5.41, 5.74) is 3.19. The third kappa shape index (κ3) is 4.26. The molecule has 0 aromatic heterocycles. The van der Waals surface area contributed by atoms with E-state index in [9.17, 15) is 21.6 Å². The van der Waals surface area contributed by atoms with Gasteiger partial charge in [0.05, 0.1) is 10.5 Å². The minimum Gasteiger partial charge on any atom is -0.224 e. The largest absolute Gasteiger partial charge is 0.416 e. The molecule has 6 heteroatoms. The Labute approximate surface area is 157 Å². The van der Waals surface area contributed by atoms with Gasteiger partial charge in [-0.15, -0.1) is 0 Å². The van der Waals surface area contributed by atoms with Crippen molar-refractivity contribution in [2.45, 2.75) is 37.3 Å². The second-order valence-corrected chi connectivity index (χ2v) is 9.03. The van der Waals surface area contributed by atoms with E-state index in [2.05, 4.69) is 6.92 Å². The Bertz CT molecular complexity index is 954. The van der Waals surface area contributed by atoms with E-state index >= 15 is 0 Å². The highest BCUT2D eigenvalue weighted by atomic mass is 32.2. The fourth-order valence-electron chi connectivity index (χ4n) is 3.53. The highest BCUT2D eigenvalue weighted by Crippen LogP contribution is 2.44. The summed E-state index contributed by atoms with van der Waals surface area (Å²) < 4.78 is 61.8. The van der Waals surface area contributed by atoms with E-state index in [1.54, 1.807) is 24.3 Å². The maximum absolute atomic E-state index is 12.8. The summed E-state index contributed by atoms with van der Waals surface area (Å²) in [4.78, 5) is 0.257. The Kier molecular flexibility index (Phi) is 5.21. The van der Waals surface area contributed by atoms with Crippen LogP contribution in [0.3, 0.4) is 0 Å². The zero-order valence-corrected chi connectivity index (χ0v) is 16.0. The molecule has 0 heterocycles. The number of halogens is 3. The SMILES string of the molecule is CCC1CC(c2ccc(C(F)(F)F)cc2)=C(c2ccc(S(C)(=O)=O)cc2)C1. The lowest BCUT2D eigenvalue weighted by Crippen LogP contribution is -2.04. The van der Waals surface area contributed by atoms with E-state index in [1.165, 1.54) is 12.1 Å². The van der Waals surface area contributed by atoms with Gasteiger partial charge in [0.15, 0.2) is 9.84 Å². The first kappa shape index (κ1) is 19.7. The van der Waals surface area contributed by atoms with Gasteiger partial charge >= 0.3 is 6.18 Å². The smallest absolute Gasteiger partial charge is 0.224 e. The molecule has 0 aliphatic heterocycles. The summed E-state index contributed by atoms with van der Waals surface area (Å²) in [7, 11) is -3.27. The lowest BCUT2D eigenvalue weighted by atomic mass is 9.96. The molecule has 1 aliphatic carbocycles. The maximum Gasteiger partial charge on any atom is 0.416 e. The third-order valence-electron chi connectivity index (χ3n) is 5.12. The Morgan fingerprint density at radius 2 is 1.33 bits per heavy atom. The van der Waals surface area contributed by atoms with Gasteiger partial charge in [0.2, 0.25) is 0 Å². The summed E-state index contributed by atoms with van der Waals surface area (Å²) in [5, 5.41) is 0. The lowest BCUT2D eigenvalue weighted by molar-refractivity contribution is -0.137. The van der Waals surface area contributed by atoms with Crippen molar-refractivity contribution in [1.82, 2.24) is 0 Å². The first-order valence-electron chi connectivity index (χ1n) is 8.79. The van der Waals surface area contributed by atoms with Crippen LogP contribution in [0.15, 0.2) is 53.4 Å². The topological polar surface area (TPSA) is 34.1 Å². The molecule has 0 bridgehead atoms. The minimum atomic E-state index is -4.35. The normalized spacial score (nSPS) is 18.2. The van der Waals surface area contributed by atoms with Crippen molar-refractivity contribution in [3.8, 4) is 0 Å². The van der Waals surface area contributed by atoms with E-state index in [0.717, 1.165) is 59.9 Å². The number of benzene rings is 2. The first-order chi connectivity index (χ1) is 12.6. The molecule has 2 aromatic rings. The van der Waals surface area contributed by atoms with Gasteiger partial charge < -0.3 is 0 Å². The van der Waals surface area contributed by atoms with Crippen molar-refractivity contribution in [2.24, 2.45) is 5.92 Å². The second kappa shape index (κ2) is 7.15. The molecule has 1 aliphatic rings. The number of hydrogen-bond donors (Lipinski definition) is 0. The van der Waals surface area contributed by atoms with Crippen LogP contribution in [-0.4, -0.2) is 14.7 Å². The maximum atomic E-state index is 12.8. The molecular formula is C21H21F3O2S. The van der Waals surface area contributed by atoms with Gasteiger partial charge in [0.1, 0.15) is 0 Å². The summed E-state index contributed by atoms with van der Waals surface area (Å²) in [6, 6.07) is 12.0. The molecule has 2 nitrogen and oxygen atoms in total. The molecule has 144 valence electrons. The quantitative estimate of drug-likeness (QED) is 0.653. The summed E-state index contributed by atoms with van der Waals surface area (Å²) in [6.07, 6.45) is -0.554. The van der Waals surface area contributed by atoms with Gasteiger partial charge in [0.25, 0.3) is 0 Å². The van der Waals surface area contributed by atoms with Crippen LogP contribution < -0.4 is 0 Å². The molecule has 0 spiro atoms. The van der Waals surface area contributed by atoms with E-state index in [0.29, 0.717) is 5.92 Å². The second-order valence-electron chi connectivity index (χ2n) is 7.01. The van der Waals surface area contributed by atoms with Gasteiger partial charge in [-0.25, -0.2) is 8.42 Å². The molecule has 27 heavy (non-hydrogen) atoms. The van der Waals surface area contributed by atoms with Crippen LogP contribution in [0.5, 0.6) is 0 Å². The Hall–Kier alpha value is -2.08. The standard InChI is InChI=1S/C21H21F3O2S/c1-3-14-12-19(15-4-8-17(9-5-15)21(22,23)24)20(13-14)16-6-10-18(11-7-16)27(2,25)26/h4-11,14H,3,12-13H2,1-2H3. The van der Waals surface area contributed by atoms with Crippen LogP contribution in [0.4, 0.5) is 13.2 Å². The fraction of sp³-hybridized carbons (Fsp3) is 0.333. The molecule has 0 amide bonds. The molecule has 1 unspecified atom stereocenters. The van der Waals surface area contributed by atoms with Crippen molar-refractivity contribution in [3.63, 3.8) is 0 Å². The fourth-order valence-corrected chi connectivity index (χ4v) is 4.16. The van der Waals surface area contributed by atoms with Crippen LogP contribution in [-0.2, 0) is 16.0 Å². The Morgan fingerprint density at radius 3 is 1.70 bits per heavy atom. The average molecular weight is 394 g/mol. The van der Waals surface area contributed by atoms with Crippen LogP contribution >= 0.6 is 0 Å². The molecule has 1 atom stereocenters. The zero-order valence-electron chi connectivity index (χ0n) is 15.2. The monoisotopic (exact) mass is 394 g/mol. The molecule has 0 saturated carbocycles. The van der Waals surface area contributed by atoms with Crippen molar-refractivity contribution in [2.75, 3.05) is 6.26 Å². The van der Waals surface area contributed by atoms with Crippen LogP contribution in [0.1, 0.15) is 42.9 Å². The van der Waals surface area contributed by atoms with Gasteiger partial charge in [-0.1, -0.05) is 37.6 Å². The Morgan fingerprint density at radius 1 is 0.889 bits per heavy atom. The van der Waals surface area contributed by atoms with Crippen molar-refractivity contribution < 1.29 is 21.6 Å². The molecule has 2 aromatic carbocycles.